The zero-order valence-corrected chi connectivity index (χ0v) is 10.8. The Morgan fingerprint density at radius 3 is 2.89 bits per heavy atom. The Morgan fingerprint density at radius 1 is 1.39 bits per heavy atom. The zero-order chi connectivity index (χ0) is 12.7. The molecule has 0 aliphatic heterocycles. The maximum Gasteiger partial charge on any atom is 0.140 e. The number of rotatable bonds is 2. The van der Waals surface area contributed by atoms with Gasteiger partial charge in [-0.1, -0.05) is 11.6 Å². The van der Waals surface area contributed by atoms with E-state index >= 15 is 0 Å². The predicted molar refractivity (Wildman–Crippen MR) is 72.9 cm³/mol. The van der Waals surface area contributed by atoms with E-state index in [1.54, 1.807) is 10.9 Å². The SMILES string of the molecule is CNc1c(-c2cnn(C)c2)cnc2[nH]cc(Cl)c12. The number of fused-ring (bicyclic) bond motifs is 1. The normalized spacial score (nSPS) is 11.1. The fraction of sp³-hybridized carbons (Fsp3) is 0.167. The first-order valence-electron chi connectivity index (χ1n) is 5.53. The number of pyridine rings is 1. The molecule has 3 rings (SSSR count). The van der Waals surface area contributed by atoms with E-state index < -0.39 is 0 Å². The molecule has 3 heterocycles. The van der Waals surface area contributed by atoms with Crippen LogP contribution >= 0.6 is 11.6 Å². The smallest absolute Gasteiger partial charge is 0.140 e. The molecule has 3 aromatic rings. The molecule has 0 atom stereocenters. The standard InChI is InChI=1S/C12H12ClN5/c1-14-11-8(7-3-17-18(2)6-7)4-15-12-10(11)9(13)5-16-12/h3-6H,1-2H3,(H2,14,15,16). The first kappa shape index (κ1) is 11.1. The van der Waals surface area contributed by atoms with Crippen molar-refractivity contribution < 1.29 is 0 Å². The molecule has 3 aromatic heterocycles. The molecule has 6 heteroatoms. The molecule has 92 valence electrons. The largest absolute Gasteiger partial charge is 0.387 e. The summed E-state index contributed by atoms with van der Waals surface area (Å²) in [5.41, 5.74) is 3.73. The summed E-state index contributed by atoms with van der Waals surface area (Å²) in [4.78, 5) is 7.42. The topological polar surface area (TPSA) is 58.5 Å². The summed E-state index contributed by atoms with van der Waals surface area (Å²) < 4.78 is 1.76. The van der Waals surface area contributed by atoms with Crippen molar-refractivity contribution in [1.82, 2.24) is 19.7 Å². The number of aromatic amines is 1. The van der Waals surface area contributed by atoms with Crippen molar-refractivity contribution in [3.8, 4) is 11.1 Å². The first-order valence-corrected chi connectivity index (χ1v) is 5.91. The van der Waals surface area contributed by atoms with E-state index in [4.69, 9.17) is 11.6 Å². The van der Waals surface area contributed by atoms with Gasteiger partial charge in [-0.25, -0.2) is 4.98 Å². The molecule has 0 saturated heterocycles. The lowest BCUT2D eigenvalue weighted by Gasteiger charge is -2.08. The molecule has 0 saturated carbocycles. The van der Waals surface area contributed by atoms with Crippen LogP contribution in [0, 0.1) is 0 Å². The van der Waals surface area contributed by atoms with E-state index in [2.05, 4.69) is 20.4 Å². The summed E-state index contributed by atoms with van der Waals surface area (Å²) >= 11 is 6.19. The molecule has 0 aliphatic rings. The third kappa shape index (κ3) is 1.55. The van der Waals surface area contributed by atoms with E-state index in [9.17, 15) is 0 Å². The number of H-pyrrole nitrogens is 1. The number of aromatic nitrogens is 4. The van der Waals surface area contributed by atoms with Gasteiger partial charge in [-0.3, -0.25) is 4.68 Å². The summed E-state index contributed by atoms with van der Waals surface area (Å²) in [7, 11) is 3.76. The summed E-state index contributed by atoms with van der Waals surface area (Å²) in [5.74, 6) is 0. The highest BCUT2D eigenvalue weighted by molar-refractivity contribution is 6.36. The van der Waals surface area contributed by atoms with Crippen molar-refractivity contribution in [2.45, 2.75) is 0 Å². The van der Waals surface area contributed by atoms with Gasteiger partial charge in [-0.2, -0.15) is 5.10 Å². The second-order valence-electron chi connectivity index (χ2n) is 4.06. The van der Waals surface area contributed by atoms with E-state index in [1.807, 2.05) is 32.7 Å². The van der Waals surface area contributed by atoms with Crippen LogP contribution in [0.4, 0.5) is 5.69 Å². The van der Waals surface area contributed by atoms with Crippen LogP contribution in [-0.2, 0) is 7.05 Å². The minimum atomic E-state index is 0.660. The molecular formula is C12H12ClN5. The van der Waals surface area contributed by atoms with Crippen LogP contribution in [0.2, 0.25) is 5.02 Å². The van der Waals surface area contributed by atoms with Crippen LogP contribution in [0.15, 0.2) is 24.8 Å². The van der Waals surface area contributed by atoms with Crippen molar-refractivity contribution in [2.24, 2.45) is 7.05 Å². The zero-order valence-electron chi connectivity index (χ0n) is 10.0. The number of nitrogens with zero attached hydrogens (tertiary/aromatic N) is 3. The number of nitrogens with one attached hydrogen (secondary N) is 2. The van der Waals surface area contributed by atoms with Crippen LogP contribution in [0.25, 0.3) is 22.2 Å². The minimum Gasteiger partial charge on any atom is -0.387 e. The van der Waals surface area contributed by atoms with Gasteiger partial charge < -0.3 is 10.3 Å². The number of hydrogen-bond acceptors (Lipinski definition) is 3. The molecule has 18 heavy (non-hydrogen) atoms. The molecular weight excluding hydrogens is 250 g/mol. The molecule has 5 nitrogen and oxygen atoms in total. The Kier molecular flexibility index (Phi) is 2.48. The third-order valence-electron chi connectivity index (χ3n) is 2.92. The molecule has 0 aromatic carbocycles. The minimum absolute atomic E-state index is 0.660. The highest BCUT2D eigenvalue weighted by Crippen LogP contribution is 2.36. The highest BCUT2D eigenvalue weighted by Gasteiger charge is 2.14. The fourth-order valence-electron chi connectivity index (χ4n) is 2.10. The van der Waals surface area contributed by atoms with Gasteiger partial charge in [0.1, 0.15) is 5.65 Å². The van der Waals surface area contributed by atoms with E-state index in [0.717, 1.165) is 27.8 Å². The average molecular weight is 262 g/mol. The number of hydrogen-bond donors (Lipinski definition) is 2. The Labute approximate surface area is 109 Å². The Bertz CT molecular complexity index is 712. The summed E-state index contributed by atoms with van der Waals surface area (Å²) in [6, 6.07) is 0. The van der Waals surface area contributed by atoms with E-state index in [1.165, 1.54) is 0 Å². The second kappa shape index (κ2) is 4.03. The van der Waals surface area contributed by atoms with Crippen LogP contribution in [0.3, 0.4) is 0 Å². The Hall–Kier alpha value is -2.01. The lowest BCUT2D eigenvalue weighted by molar-refractivity contribution is 0.768. The van der Waals surface area contributed by atoms with Gasteiger partial charge in [0, 0.05) is 43.8 Å². The Balaban J connectivity index is 2.32. The van der Waals surface area contributed by atoms with Crippen LogP contribution in [0.1, 0.15) is 0 Å². The molecule has 2 N–H and O–H groups in total. The monoisotopic (exact) mass is 261 g/mol. The maximum atomic E-state index is 6.19. The molecule has 0 spiro atoms. The van der Waals surface area contributed by atoms with Gasteiger partial charge in [0.2, 0.25) is 0 Å². The summed E-state index contributed by atoms with van der Waals surface area (Å²) in [6.07, 6.45) is 7.32. The summed E-state index contributed by atoms with van der Waals surface area (Å²) in [6.45, 7) is 0. The first-order chi connectivity index (χ1) is 8.70. The lowest BCUT2D eigenvalue weighted by Crippen LogP contribution is -1.94. The van der Waals surface area contributed by atoms with Gasteiger partial charge in [-0.05, 0) is 0 Å². The highest BCUT2D eigenvalue weighted by atomic mass is 35.5. The van der Waals surface area contributed by atoms with Crippen molar-refractivity contribution in [2.75, 3.05) is 12.4 Å². The predicted octanol–water partition coefficient (Wildman–Crippen LogP) is 2.66. The van der Waals surface area contributed by atoms with E-state index in [0.29, 0.717) is 5.02 Å². The fourth-order valence-corrected chi connectivity index (χ4v) is 2.33. The molecule has 0 amide bonds. The summed E-state index contributed by atoms with van der Waals surface area (Å²) in [5, 5.41) is 8.93. The van der Waals surface area contributed by atoms with Crippen molar-refractivity contribution >= 4 is 28.3 Å². The van der Waals surface area contributed by atoms with Gasteiger partial charge in [-0.15, -0.1) is 0 Å². The van der Waals surface area contributed by atoms with Gasteiger partial charge in [0.15, 0.2) is 0 Å². The second-order valence-corrected chi connectivity index (χ2v) is 4.47. The van der Waals surface area contributed by atoms with Gasteiger partial charge in [0.25, 0.3) is 0 Å². The van der Waals surface area contributed by atoms with Crippen molar-refractivity contribution in [1.29, 1.82) is 0 Å². The Morgan fingerprint density at radius 2 is 2.22 bits per heavy atom. The molecule has 0 unspecified atom stereocenters. The molecule has 0 bridgehead atoms. The van der Waals surface area contributed by atoms with Gasteiger partial charge >= 0.3 is 0 Å². The molecule has 0 aliphatic carbocycles. The van der Waals surface area contributed by atoms with Gasteiger partial charge in [0.05, 0.1) is 22.3 Å². The number of anilines is 1. The molecule has 0 fully saturated rings. The van der Waals surface area contributed by atoms with E-state index in [-0.39, 0.29) is 0 Å². The quantitative estimate of drug-likeness (QED) is 0.746. The third-order valence-corrected chi connectivity index (χ3v) is 3.22. The molecule has 0 radical (unpaired) electrons. The van der Waals surface area contributed by atoms with Crippen LogP contribution in [0.5, 0.6) is 0 Å². The maximum absolute atomic E-state index is 6.19. The lowest BCUT2D eigenvalue weighted by atomic mass is 10.1. The number of aryl methyl sites for hydroxylation is 1. The average Bonchev–Trinajstić information content (AvgIpc) is 2.95. The van der Waals surface area contributed by atoms with Crippen molar-refractivity contribution in [3.05, 3.63) is 29.8 Å². The van der Waals surface area contributed by atoms with Crippen molar-refractivity contribution in [3.63, 3.8) is 0 Å². The van der Waals surface area contributed by atoms with Crippen LogP contribution < -0.4 is 5.32 Å². The number of halogens is 1. The van der Waals surface area contributed by atoms with Crippen LogP contribution in [-0.4, -0.2) is 26.8 Å².